The minimum absolute atomic E-state index is 0.0457. The molecule has 0 fully saturated rings. The van der Waals surface area contributed by atoms with Gasteiger partial charge in [-0.2, -0.15) is 13.2 Å². The Morgan fingerprint density at radius 1 is 1.26 bits per heavy atom. The molecular weight excluding hydrogens is 255 g/mol. The van der Waals surface area contributed by atoms with Crippen LogP contribution in [-0.2, 0) is 12.6 Å². The monoisotopic (exact) mass is 273 g/mol. The summed E-state index contributed by atoms with van der Waals surface area (Å²) in [4.78, 5) is 1.88. The van der Waals surface area contributed by atoms with Gasteiger partial charge in [0.2, 0.25) is 0 Å². The summed E-state index contributed by atoms with van der Waals surface area (Å²) in [6, 6.07) is 3.72. The molecule has 0 saturated carbocycles. The predicted octanol–water partition coefficient (Wildman–Crippen LogP) is 3.23. The van der Waals surface area contributed by atoms with Crippen molar-refractivity contribution in [2.45, 2.75) is 51.6 Å². The van der Waals surface area contributed by atoms with Crippen molar-refractivity contribution < 1.29 is 18.3 Å². The van der Waals surface area contributed by atoms with Crippen molar-refractivity contribution in [1.29, 1.82) is 0 Å². The van der Waals surface area contributed by atoms with Gasteiger partial charge in [0, 0.05) is 11.7 Å². The van der Waals surface area contributed by atoms with Gasteiger partial charge < -0.3 is 10.0 Å². The first-order valence-electron chi connectivity index (χ1n) is 6.38. The number of hydrogen-bond donors (Lipinski definition) is 1. The Balaban J connectivity index is 2.46. The maximum Gasteiger partial charge on any atom is 0.416 e. The summed E-state index contributed by atoms with van der Waals surface area (Å²) in [6.45, 7) is 5.52. The van der Waals surface area contributed by atoms with E-state index in [2.05, 4.69) is 0 Å². The van der Waals surface area contributed by atoms with Crippen molar-refractivity contribution in [3.8, 4) is 0 Å². The molecule has 0 saturated heterocycles. The highest BCUT2D eigenvalue weighted by Crippen LogP contribution is 2.39. The zero-order valence-electron chi connectivity index (χ0n) is 11.2. The first kappa shape index (κ1) is 14.2. The van der Waals surface area contributed by atoms with Crippen molar-refractivity contribution in [2.75, 3.05) is 4.90 Å². The van der Waals surface area contributed by atoms with E-state index in [-0.39, 0.29) is 12.1 Å². The number of halogens is 3. The zero-order chi connectivity index (χ0) is 14.4. The van der Waals surface area contributed by atoms with Crippen LogP contribution in [0.4, 0.5) is 18.9 Å². The number of fused-ring (bicyclic) bond motifs is 1. The largest absolute Gasteiger partial charge is 0.416 e. The predicted molar refractivity (Wildman–Crippen MR) is 68.2 cm³/mol. The Bertz CT molecular complexity index is 468. The molecule has 2 atom stereocenters. The van der Waals surface area contributed by atoms with Gasteiger partial charge >= 0.3 is 6.18 Å². The molecule has 0 amide bonds. The van der Waals surface area contributed by atoms with Gasteiger partial charge in [0.25, 0.3) is 0 Å². The average molecular weight is 273 g/mol. The van der Waals surface area contributed by atoms with E-state index < -0.39 is 17.8 Å². The number of aliphatic hydroxyl groups excluding tert-OH is 1. The fourth-order valence-electron chi connectivity index (χ4n) is 2.72. The molecule has 2 nitrogen and oxygen atoms in total. The van der Waals surface area contributed by atoms with Gasteiger partial charge in [0.1, 0.15) is 0 Å². The fraction of sp³-hybridized carbons (Fsp3) is 0.571. The molecule has 1 aliphatic heterocycles. The van der Waals surface area contributed by atoms with Crippen LogP contribution < -0.4 is 4.90 Å². The van der Waals surface area contributed by atoms with Crippen LogP contribution in [0.2, 0.25) is 0 Å². The van der Waals surface area contributed by atoms with Crippen molar-refractivity contribution in [2.24, 2.45) is 0 Å². The summed E-state index contributed by atoms with van der Waals surface area (Å²) in [5, 5.41) is 9.81. The highest BCUT2D eigenvalue weighted by Gasteiger charge is 2.37. The van der Waals surface area contributed by atoms with Crippen LogP contribution in [0.15, 0.2) is 18.2 Å². The summed E-state index contributed by atoms with van der Waals surface area (Å²) in [5.74, 6) is 0. The zero-order valence-corrected chi connectivity index (χ0v) is 11.2. The first-order valence-corrected chi connectivity index (χ1v) is 6.38. The lowest BCUT2D eigenvalue weighted by Crippen LogP contribution is -2.44. The van der Waals surface area contributed by atoms with E-state index in [0.29, 0.717) is 12.1 Å². The topological polar surface area (TPSA) is 23.5 Å². The maximum absolute atomic E-state index is 12.8. The number of rotatable bonds is 2. The van der Waals surface area contributed by atoms with Crippen molar-refractivity contribution >= 4 is 5.69 Å². The van der Waals surface area contributed by atoms with Crippen LogP contribution in [-0.4, -0.2) is 23.3 Å². The highest BCUT2D eigenvalue weighted by molar-refractivity contribution is 5.62. The number of hydrogen-bond acceptors (Lipinski definition) is 2. The van der Waals surface area contributed by atoms with Crippen LogP contribution in [0.25, 0.3) is 0 Å². The van der Waals surface area contributed by atoms with Gasteiger partial charge in [-0.05, 0) is 44.9 Å². The highest BCUT2D eigenvalue weighted by atomic mass is 19.4. The Kier molecular flexibility index (Phi) is 3.51. The lowest BCUT2D eigenvalue weighted by atomic mass is 10.1. The summed E-state index contributed by atoms with van der Waals surface area (Å²) in [6.07, 6.45) is -4.33. The van der Waals surface area contributed by atoms with Gasteiger partial charge in [0.15, 0.2) is 0 Å². The smallest absolute Gasteiger partial charge is 0.391 e. The van der Waals surface area contributed by atoms with E-state index in [1.54, 1.807) is 6.92 Å². The first-order chi connectivity index (χ1) is 8.71. The summed E-state index contributed by atoms with van der Waals surface area (Å²) >= 11 is 0. The number of alkyl halides is 3. The third-order valence-corrected chi connectivity index (χ3v) is 3.59. The quantitative estimate of drug-likeness (QED) is 0.894. The lowest BCUT2D eigenvalue weighted by molar-refractivity contribution is -0.137. The molecule has 0 aromatic heterocycles. The van der Waals surface area contributed by atoms with Gasteiger partial charge in [-0.15, -0.1) is 0 Å². The molecule has 0 spiro atoms. The van der Waals surface area contributed by atoms with E-state index in [9.17, 15) is 18.3 Å². The van der Waals surface area contributed by atoms with Gasteiger partial charge in [0.05, 0.1) is 17.7 Å². The molecule has 0 bridgehead atoms. The van der Waals surface area contributed by atoms with Crippen LogP contribution in [0.1, 0.15) is 31.9 Å². The Morgan fingerprint density at radius 3 is 2.37 bits per heavy atom. The van der Waals surface area contributed by atoms with Gasteiger partial charge in [-0.1, -0.05) is 6.07 Å². The Labute approximate surface area is 110 Å². The third kappa shape index (κ3) is 2.56. The van der Waals surface area contributed by atoms with Crippen LogP contribution in [0.5, 0.6) is 0 Å². The second kappa shape index (κ2) is 4.71. The molecule has 0 radical (unpaired) electrons. The molecular formula is C14H18F3NO. The molecule has 1 heterocycles. The second-order valence-corrected chi connectivity index (χ2v) is 5.35. The van der Waals surface area contributed by atoms with Crippen molar-refractivity contribution in [3.63, 3.8) is 0 Å². The van der Waals surface area contributed by atoms with E-state index in [1.807, 2.05) is 18.7 Å². The second-order valence-electron chi connectivity index (χ2n) is 5.35. The summed E-state index contributed by atoms with van der Waals surface area (Å²) < 4.78 is 38.3. The molecule has 0 aliphatic carbocycles. The maximum atomic E-state index is 12.8. The summed E-state index contributed by atoms with van der Waals surface area (Å²) in [5.41, 5.74) is 0.825. The normalized spacial score (nSPS) is 20.8. The average Bonchev–Trinajstić information content (AvgIpc) is 2.65. The molecule has 19 heavy (non-hydrogen) atoms. The molecule has 106 valence electrons. The molecule has 1 aromatic carbocycles. The SMILES string of the molecule is CC(O)C1Cc2ccc(C(F)(F)F)cc2N1C(C)C. The van der Waals surface area contributed by atoms with E-state index in [4.69, 9.17) is 0 Å². The minimum atomic E-state index is -4.33. The van der Waals surface area contributed by atoms with Crippen molar-refractivity contribution in [1.82, 2.24) is 0 Å². The molecule has 1 aliphatic rings. The van der Waals surface area contributed by atoms with Gasteiger partial charge in [-0.25, -0.2) is 0 Å². The molecule has 1 aromatic rings. The van der Waals surface area contributed by atoms with Crippen LogP contribution in [0.3, 0.4) is 0 Å². The summed E-state index contributed by atoms with van der Waals surface area (Å²) in [7, 11) is 0. The van der Waals surface area contributed by atoms with Gasteiger partial charge in [-0.3, -0.25) is 0 Å². The van der Waals surface area contributed by atoms with Crippen LogP contribution >= 0.6 is 0 Å². The van der Waals surface area contributed by atoms with Crippen molar-refractivity contribution in [3.05, 3.63) is 29.3 Å². The molecule has 2 unspecified atom stereocenters. The number of nitrogens with zero attached hydrogens (tertiary/aromatic N) is 1. The minimum Gasteiger partial charge on any atom is -0.391 e. The number of benzene rings is 1. The van der Waals surface area contributed by atoms with E-state index in [1.165, 1.54) is 12.1 Å². The molecule has 5 heteroatoms. The fourth-order valence-corrected chi connectivity index (χ4v) is 2.72. The van der Waals surface area contributed by atoms with E-state index in [0.717, 1.165) is 11.6 Å². The lowest BCUT2D eigenvalue weighted by Gasteiger charge is -2.33. The van der Waals surface area contributed by atoms with Crippen LogP contribution in [0, 0.1) is 0 Å². The van der Waals surface area contributed by atoms with E-state index >= 15 is 0 Å². The molecule has 1 N–H and O–H groups in total. The Hall–Kier alpha value is -1.23. The third-order valence-electron chi connectivity index (χ3n) is 3.59. The molecule has 2 rings (SSSR count). The standard InChI is InChI=1S/C14H18F3NO/c1-8(2)18-12(9(3)19)6-10-4-5-11(7-13(10)18)14(15,16)17/h4-5,7-9,12,19H,6H2,1-3H3. The number of aliphatic hydroxyl groups is 1. The number of anilines is 1. The Morgan fingerprint density at radius 2 is 1.89 bits per heavy atom.